The number of carbonyl (C=O) groups is 1. The molecule has 5 nitrogen and oxygen atoms in total. The topological polar surface area (TPSA) is 71.3 Å². The molecule has 1 unspecified atom stereocenters. The number of nitrogens with zero attached hydrogens (tertiary/aromatic N) is 1. The largest absolute Gasteiger partial charge is 0.393 e. The molecule has 0 bridgehead atoms. The van der Waals surface area contributed by atoms with Crippen LogP contribution in [-0.4, -0.2) is 27.7 Å². The Labute approximate surface area is 147 Å². The summed E-state index contributed by atoms with van der Waals surface area (Å²) in [5, 5.41) is 12.7. The van der Waals surface area contributed by atoms with E-state index in [1.165, 1.54) is 6.07 Å². The van der Waals surface area contributed by atoms with Gasteiger partial charge in [0.1, 0.15) is 0 Å². The Kier molecular flexibility index (Phi) is 5.34. The minimum atomic E-state index is -0.270. The lowest BCUT2D eigenvalue weighted by atomic mass is 9.75. The summed E-state index contributed by atoms with van der Waals surface area (Å²) in [6.45, 7) is 2.47. The van der Waals surface area contributed by atoms with Gasteiger partial charge in [-0.05, 0) is 43.7 Å². The molecule has 25 heavy (non-hydrogen) atoms. The zero-order valence-electron chi connectivity index (χ0n) is 14.4. The van der Waals surface area contributed by atoms with Gasteiger partial charge >= 0.3 is 0 Å². The van der Waals surface area contributed by atoms with Crippen LogP contribution in [0.5, 0.6) is 0 Å². The lowest BCUT2D eigenvalue weighted by Crippen LogP contribution is -2.48. The van der Waals surface area contributed by atoms with Crippen LogP contribution < -0.4 is 10.9 Å². The maximum Gasteiger partial charge on any atom is 0.251 e. The molecular weight excluding hydrogens is 316 g/mol. The van der Waals surface area contributed by atoms with Crippen molar-refractivity contribution in [3.05, 3.63) is 70.1 Å². The van der Waals surface area contributed by atoms with E-state index < -0.39 is 0 Å². The summed E-state index contributed by atoms with van der Waals surface area (Å²) in [5.41, 5.74) is 1.36. The lowest BCUT2D eigenvalue weighted by Gasteiger charge is -2.38. The molecule has 0 spiro atoms. The van der Waals surface area contributed by atoms with E-state index >= 15 is 0 Å². The third kappa shape index (κ3) is 4.17. The van der Waals surface area contributed by atoms with Gasteiger partial charge in [0.15, 0.2) is 0 Å². The van der Waals surface area contributed by atoms with Gasteiger partial charge in [0.05, 0.1) is 6.10 Å². The van der Waals surface area contributed by atoms with E-state index in [-0.39, 0.29) is 29.5 Å². The minimum Gasteiger partial charge on any atom is -0.393 e. The molecule has 1 fully saturated rings. The Bertz CT molecular complexity index is 779. The van der Waals surface area contributed by atoms with E-state index in [2.05, 4.69) is 5.32 Å². The van der Waals surface area contributed by atoms with Crippen LogP contribution in [0.15, 0.2) is 53.5 Å². The number of pyridine rings is 1. The predicted octanol–water partition coefficient (Wildman–Crippen LogP) is 1.98. The maximum absolute atomic E-state index is 12.6. The lowest BCUT2D eigenvalue weighted by molar-refractivity contribution is 0.0239. The standard InChI is InChI=1S/C20H24N2O3/c1-2-22-9-8-15(13-19(22)24)20(25)21-18(16-11-17(23)12-16)10-14-6-4-3-5-7-14/h3-9,13,16-18,23H,2,10-12H2,1H3,(H,21,25). The van der Waals surface area contributed by atoms with Crippen LogP contribution in [0.2, 0.25) is 0 Å². The van der Waals surface area contributed by atoms with Crippen LogP contribution in [0.4, 0.5) is 0 Å². The smallest absolute Gasteiger partial charge is 0.251 e. The quantitative estimate of drug-likeness (QED) is 0.845. The summed E-state index contributed by atoms with van der Waals surface area (Å²) in [6, 6.07) is 13.0. The van der Waals surface area contributed by atoms with E-state index in [4.69, 9.17) is 0 Å². The van der Waals surface area contributed by atoms with Gasteiger partial charge in [-0.25, -0.2) is 0 Å². The van der Waals surface area contributed by atoms with Gasteiger partial charge in [-0.1, -0.05) is 30.3 Å². The van der Waals surface area contributed by atoms with Gasteiger partial charge in [-0.15, -0.1) is 0 Å². The van der Waals surface area contributed by atoms with Crippen LogP contribution in [-0.2, 0) is 13.0 Å². The average molecular weight is 340 g/mol. The number of hydrogen-bond acceptors (Lipinski definition) is 3. The molecule has 1 saturated carbocycles. The summed E-state index contributed by atoms with van der Waals surface area (Å²) in [4.78, 5) is 24.5. The van der Waals surface area contributed by atoms with Crippen LogP contribution in [0.3, 0.4) is 0 Å². The molecular formula is C20H24N2O3. The summed E-state index contributed by atoms with van der Waals surface area (Å²) in [7, 11) is 0. The zero-order valence-corrected chi connectivity index (χ0v) is 14.4. The zero-order chi connectivity index (χ0) is 17.8. The van der Waals surface area contributed by atoms with Crippen LogP contribution in [0.1, 0.15) is 35.7 Å². The van der Waals surface area contributed by atoms with Crippen molar-refractivity contribution in [2.24, 2.45) is 5.92 Å². The van der Waals surface area contributed by atoms with Gasteiger partial charge < -0.3 is 15.0 Å². The molecule has 5 heteroatoms. The highest BCUT2D eigenvalue weighted by molar-refractivity contribution is 5.94. The molecule has 1 aliphatic carbocycles. The number of rotatable bonds is 6. The monoisotopic (exact) mass is 340 g/mol. The number of nitrogens with one attached hydrogen (secondary N) is 1. The van der Waals surface area contributed by atoms with E-state index in [0.717, 1.165) is 12.0 Å². The minimum absolute atomic E-state index is 0.0492. The second-order valence-electron chi connectivity index (χ2n) is 6.69. The van der Waals surface area contributed by atoms with Crippen molar-refractivity contribution in [3.8, 4) is 0 Å². The molecule has 1 aromatic heterocycles. The number of hydrogen-bond donors (Lipinski definition) is 2. The highest BCUT2D eigenvalue weighted by atomic mass is 16.3. The Morgan fingerprint density at radius 3 is 2.60 bits per heavy atom. The number of aryl methyl sites for hydroxylation is 1. The molecule has 2 N–H and O–H groups in total. The summed E-state index contributed by atoms with van der Waals surface area (Å²) >= 11 is 0. The fourth-order valence-electron chi connectivity index (χ4n) is 3.32. The number of benzene rings is 1. The predicted molar refractivity (Wildman–Crippen MR) is 96.5 cm³/mol. The Morgan fingerprint density at radius 2 is 2.00 bits per heavy atom. The van der Waals surface area contributed by atoms with Gasteiger partial charge in [0, 0.05) is 30.4 Å². The molecule has 0 radical (unpaired) electrons. The van der Waals surface area contributed by atoms with Crippen molar-refractivity contribution in [2.45, 2.75) is 44.9 Å². The van der Waals surface area contributed by atoms with Crippen LogP contribution in [0.25, 0.3) is 0 Å². The molecule has 0 aliphatic heterocycles. The van der Waals surface area contributed by atoms with Crippen molar-refractivity contribution in [1.82, 2.24) is 9.88 Å². The third-order valence-corrected chi connectivity index (χ3v) is 4.93. The van der Waals surface area contributed by atoms with Crippen molar-refractivity contribution in [2.75, 3.05) is 0 Å². The number of amides is 1. The molecule has 0 saturated heterocycles. The Balaban J connectivity index is 1.74. The molecule has 1 aliphatic rings. The molecule has 1 atom stereocenters. The first kappa shape index (κ1) is 17.4. The number of aliphatic hydroxyl groups excluding tert-OH is 1. The summed E-state index contributed by atoms with van der Waals surface area (Å²) in [5.74, 6) is 0.0258. The highest BCUT2D eigenvalue weighted by Crippen LogP contribution is 2.31. The first-order chi connectivity index (χ1) is 12.1. The molecule has 3 rings (SSSR count). The molecule has 1 aromatic carbocycles. The van der Waals surface area contributed by atoms with E-state index in [9.17, 15) is 14.7 Å². The van der Waals surface area contributed by atoms with Crippen molar-refractivity contribution >= 4 is 5.91 Å². The molecule has 2 aromatic rings. The number of aromatic nitrogens is 1. The molecule has 1 heterocycles. The number of aliphatic hydroxyl groups is 1. The second kappa shape index (κ2) is 7.66. The van der Waals surface area contributed by atoms with E-state index in [1.807, 2.05) is 37.3 Å². The summed E-state index contributed by atoms with van der Waals surface area (Å²) < 4.78 is 1.56. The fourth-order valence-corrected chi connectivity index (χ4v) is 3.32. The number of carbonyl (C=O) groups excluding carboxylic acids is 1. The molecule has 132 valence electrons. The van der Waals surface area contributed by atoms with Gasteiger partial charge in [0.2, 0.25) is 0 Å². The Morgan fingerprint density at radius 1 is 1.28 bits per heavy atom. The van der Waals surface area contributed by atoms with Crippen LogP contribution in [0, 0.1) is 5.92 Å². The van der Waals surface area contributed by atoms with Crippen molar-refractivity contribution in [3.63, 3.8) is 0 Å². The van der Waals surface area contributed by atoms with Crippen molar-refractivity contribution < 1.29 is 9.90 Å². The van der Waals surface area contributed by atoms with E-state index in [1.54, 1.807) is 16.8 Å². The summed E-state index contributed by atoms with van der Waals surface area (Å²) in [6.07, 6.45) is 3.51. The first-order valence-electron chi connectivity index (χ1n) is 8.80. The average Bonchev–Trinajstić information content (AvgIpc) is 2.59. The highest BCUT2D eigenvalue weighted by Gasteiger charge is 2.34. The third-order valence-electron chi connectivity index (χ3n) is 4.93. The SMILES string of the molecule is CCn1ccc(C(=O)NC(Cc2ccccc2)C2CC(O)C2)cc1=O. The van der Waals surface area contributed by atoms with Gasteiger partial charge in [-0.3, -0.25) is 9.59 Å². The van der Waals surface area contributed by atoms with Crippen molar-refractivity contribution in [1.29, 1.82) is 0 Å². The van der Waals surface area contributed by atoms with Gasteiger partial charge in [0.25, 0.3) is 11.5 Å². The van der Waals surface area contributed by atoms with Gasteiger partial charge in [-0.2, -0.15) is 0 Å². The maximum atomic E-state index is 12.6. The molecule has 1 amide bonds. The fraction of sp³-hybridized carbons (Fsp3) is 0.400. The van der Waals surface area contributed by atoms with Crippen LogP contribution >= 0.6 is 0 Å². The Hall–Kier alpha value is -2.40. The van der Waals surface area contributed by atoms with E-state index in [0.29, 0.717) is 24.9 Å². The normalized spacial score (nSPS) is 20.6. The second-order valence-corrected chi connectivity index (χ2v) is 6.69. The first-order valence-corrected chi connectivity index (χ1v) is 8.80.